The summed E-state index contributed by atoms with van der Waals surface area (Å²) in [6.45, 7) is 1.88. The molecule has 26 heavy (non-hydrogen) atoms. The molecule has 1 N–H and O–H groups in total. The minimum atomic E-state index is -3.72. The molecule has 0 aliphatic carbocycles. The standard InChI is InChI=1S/C18H14Cl2N2O3S/c1-12-2-6-15(7-3-12)26(23,24)22-21-11-14-5-9-18(25-14)13-4-8-16(19)17(20)10-13/h2-11,22H,1H3/b21-11-. The highest BCUT2D eigenvalue weighted by Crippen LogP contribution is 2.29. The summed E-state index contributed by atoms with van der Waals surface area (Å²) in [6.07, 6.45) is 1.28. The fraction of sp³-hybridized carbons (Fsp3) is 0.0556. The molecule has 1 heterocycles. The Kier molecular flexibility index (Phi) is 5.36. The Balaban J connectivity index is 1.72. The number of nitrogens with one attached hydrogen (secondary N) is 1. The number of hydrazone groups is 1. The molecule has 0 aliphatic rings. The van der Waals surface area contributed by atoms with Crippen LogP contribution in [0.25, 0.3) is 11.3 Å². The Hall–Kier alpha value is -2.28. The van der Waals surface area contributed by atoms with Gasteiger partial charge < -0.3 is 4.42 Å². The third-order valence-electron chi connectivity index (χ3n) is 3.53. The van der Waals surface area contributed by atoms with E-state index in [1.54, 1.807) is 42.5 Å². The van der Waals surface area contributed by atoms with E-state index in [9.17, 15) is 8.42 Å². The highest BCUT2D eigenvalue weighted by Gasteiger charge is 2.12. The van der Waals surface area contributed by atoms with Gasteiger partial charge in [0.2, 0.25) is 0 Å². The van der Waals surface area contributed by atoms with Gasteiger partial charge in [-0.15, -0.1) is 0 Å². The van der Waals surface area contributed by atoms with Gasteiger partial charge in [-0.3, -0.25) is 0 Å². The van der Waals surface area contributed by atoms with Gasteiger partial charge in [-0.05, 0) is 49.4 Å². The van der Waals surface area contributed by atoms with Crippen LogP contribution in [-0.2, 0) is 10.0 Å². The lowest BCUT2D eigenvalue weighted by atomic mass is 10.2. The van der Waals surface area contributed by atoms with Gasteiger partial charge in [-0.2, -0.15) is 18.4 Å². The van der Waals surface area contributed by atoms with Crippen molar-refractivity contribution in [2.24, 2.45) is 5.10 Å². The van der Waals surface area contributed by atoms with Gasteiger partial charge in [0.25, 0.3) is 10.0 Å². The van der Waals surface area contributed by atoms with Crippen molar-refractivity contribution in [2.75, 3.05) is 0 Å². The second kappa shape index (κ2) is 7.53. The van der Waals surface area contributed by atoms with E-state index in [0.717, 1.165) is 11.1 Å². The molecule has 0 bridgehead atoms. The summed E-state index contributed by atoms with van der Waals surface area (Å²) in [5, 5.41) is 4.62. The second-order valence-corrected chi connectivity index (χ2v) is 7.97. The predicted molar refractivity (Wildman–Crippen MR) is 103 cm³/mol. The van der Waals surface area contributed by atoms with Crippen LogP contribution < -0.4 is 4.83 Å². The van der Waals surface area contributed by atoms with E-state index >= 15 is 0 Å². The maximum atomic E-state index is 12.1. The molecule has 0 spiro atoms. The fourth-order valence-electron chi connectivity index (χ4n) is 2.16. The lowest BCUT2D eigenvalue weighted by molar-refractivity contribution is 0.573. The Morgan fingerprint density at radius 1 is 1.00 bits per heavy atom. The molecule has 0 radical (unpaired) electrons. The summed E-state index contributed by atoms with van der Waals surface area (Å²) < 4.78 is 29.9. The van der Waals surface area contributed by atoms with E-state index < -0.39 is 10.0 Å². The summed E-state index contributed by atoms with van der Waals surface area (Å²) in [7, 11) is -3.72. The third-order valence-corrected chi connectivity index (χ3v) is 5.50. The normalized spacial score (nSPS) is 11.8. The molecule has 2 aromatic carbocycles. The SMILES string of the molecule is Cc1ccc(S(=O)(=O)N/N=C\c2ccc(-c3ccc(Cl)c(Cl)c3)o2)cc1. The van der Waals surface area contributed by atoms with Crippen molar-refractivity contribution < 1.29 is 12.8 Å². The van der Waals surface area contributed by atoms with Crippen LogP contribution in [0.1, 0.15) is 11.3 Å². The van der Waals surface area contributed by atoms with Gasteiger partial charge in [0.05, 0.1) is 21.2 Å². The summed E-state index contributed by atoms with van der Waals surface area (Å²) in [5.41, 5.74) is 1.72. The molecule has 3 aromatic rings. The lowest BCUT2D eigenvalue weighted by Crippen LogP contribution is -2.18. The number of hydrogen-bond donors (Lipinski definition) is 1. The van der Waals surface area contributed by atoms with Gasteiger partial charge in [0.15, 0.2) is 0 Å². The first kappa shape index (κ1) is 18.5. The molecule has 0 atom stereocenters. The van der Waals surface area contributed by atoms with Crippen LogP contribution in [0.15, 0.2) is 69.0 Å². The van der Waals surface area contributed by atoms with E-state index in [2.05, 4.69) is 9.93 Å². The van der Waals surface area contributed by atoms with Crippen molar-refractivity contribution >= 4 is 39.4 Å². The Morgan fingerprint density at radius 3 is 2.42 bits per heavy atom. The first-order chi connectivity index (χ1) is 12.3. The van der Waals surface area contributed by atoms with E-state index in [1.807, 2.05) is 6.92 Å². The first-order valence-electron chi connectivity index (χ1n) is 7.52. The van der Waals surface area contributed by atoms with Crippen molar-refractivity contribution in [1.82, 2.24) is 4.83 Å². The molecule has 0 amide bonds. The van der Waals surface area contributed by atoms with Crippen molar-refractivity contribution in [1.29, 1.82) is 0 Å². The van der Waals surface area contributed by atoms with E-state index in [1.165, 1.54) is 18.3 Å². The highest BCUT2D eigenvalue weighted by atomic mass is 35.5. The highest BCUT2D eigenvalue weighted by molar-refractivity contribution is 7.89. The second-order valence-electron chi connectivity index (χ2n) is 5.50. The Morgan fingerprint density at radius 2 is 1.73 bits per heavy atom. The van der Waals surface area contributed by atoms with Crippen LogP contribution in [0.2, 0.25) is 10.0 Å². The molecule has 0 aliphatic heterocycles. The quantitative estimate of drug-likeness (QED) is 0.483. The largest absolute Gasteiger partial charge is 0.455 e. The number of halogens is 2. The Bertz CT molecular complexity index is 1060. The number of furan rings is 1. The monoisotopic (exact) mass is 408 g/mol. The van der Waals surface area contributed by atoms with Crippen molar-refractivity contribution in [2.45, 2.75) is 11.8 Å². The number of hydrogen-bond acceptors (Lipinski definition) is 4. The van der Waals surface area contributed by atoms with E-state index in [4.69, 9.17) is 27.6 Å². The van der Waals surface area contributed by atoms with Gasteiger partial charge in [0, 0.05) is 5.56 Å². The van der Waals surface area contributed by atoms with Gasteiger partial charge in [-0.25, -0.2) is 0 Å². The van der Waals surface area contributed by atoms with Crippen molar-refractivity contribution in [3.8, 4) is 11.3 Å². The van der Waals surface area contributed by atoms with Crippen molar-refractivity contribution in [3.63, 3.8) is 0 Å². The average molecular weight is 409 g/mol. The molecule has 0 saturated carbocycles. The number of aryl methyl sites for hydroxylation is 1. The minimum absolute atomic E-state index is 0.135. The number of nitrogens with zero attached hydrogens (tertiary/aromatic N) is 1. The summed E-state index contributed by atoms with van der Waals surface area (Å²) in [5.74, 6) is 0.948. The summed E-state index contributed by atoms with van der Waals surface area (Å²) in [4.78, 5) is 2.29. The van der Waals surface area contributed by atoms with Gasteiger partial charge in [-0.1, -0.05) is 40.9 Å². The third kappa shape index (κ3) is 4.27. The average Bonchev–Trinajstić information content (AvgIpc) is 3.06. The van der Waals surface area contributed by atoms with Crippen LogP contribution in [0.4, 0.5) is 0 Å². The fourth-order valence-corrected chi connectivity index (χ4v) is 3.25. The zero-order chi connectivity index (χ0) is 18.7. The molecular weight excluding hydrogens is 395 g/mol. The van der Waals surface area contributed by atoms with Crippen LogP contribution in [0.5, 0.6) is 0 Å². The summed E-state index contributed by atoms with van der Waals surface area (Å²) >= 11 is 11.9. The molecule has 0 fully saturated rings. The number of rotatable bonds is 5. The van der Waals surface area contributed by atoms with Crippen LogP contribution in [0.3, 0.4) is 0 Å². The first-order valence-corrected chi connectivity index (χ1v) is 9.76. The molecule has 134 valence electrons. The topological polar surface area (TPSA) is 71.7 Å². The molecule has 0 unspecified atom stereocenters. The zero-order valence-corrected chi connectivity index (χ0v) is 15.9. The smallest absolute Gasteiger partial charge is 0.276 e. The van der Waals surface area contributed by atoms with Crippen LogP contribution in [-0.4, -0.2) is 14.6 Å². The van der Waals surface area contributed by atoms with E-state index in [0.29, 0.717) is 21.6 Å². The van der Waals surface area contributed by atoms with Crippen molar-refractivity contribution in [3.05, 3.63) is 76.0 Å². The Labute approximate surface area is 161 Å². The minimum Gasteiger partial charge on any atom is -0.455 e. The summed E-state index contributed by atoms with van der Waals surface area (Å²) in [6, 6.07) is 15.0. The molecular formula is C18H14Cl2N2O3S. The molecule has 1 aromatic heterocycles. The molecule has 5 nitrogen and oxygen atoms in total. The van der Waals surface area contributed by atoms with Crippen LogP contribution in [0, 0.1) is 6.92 Å². The van der Waals surface area contributed by atoms with E-state index in [-0.39, 0.29) is 4.90 Å². The van der Waals surface area contributed by atoms with Crippen LogP contribution >= 0.6 is 23.2 Å². The molecule has 0 saturated heterocycles. The zero-order valence-electron chi connectivity index (χ0n) is 13.6. The lowest BCUT2D eigenvalue weighted by Gasteiger charge is -2.03. The maximum absolute atomic E-state index is 12.1. The number of benzene rings is 2. The molecule has 3 rings (SSSR count). The maximum Gasteiger partial charge on any atom is 0.276 e. The predicted octanol–water partition coefficient (Wildman–Crippen LogP) is 4.87. The van der Waals surface area contributed by atoms with Gasteiger partial charge >= 0.3 is 0 Å². The number of sulfonamides is 1. The molecule has 8 heteroatoms. The van der Waals surface area contributed by atoms with Gasteiger partial charge in [0.1, 0.15) is 11.5 Å².